The molecule has 0 saturated heterocycles. The minimum absolute atomic E-state index is 0.993. The Hall–Kier alpha value is -1.02. The van der Waals surface area contributed by atoms with Crippen LogP contribution in [-0.2, 0) is 0 Å². The van der Waals surface area contributed by atoms with Gasteiger partial charge < -0.3 is 4.42 Å². The van der Waals surface area contributed by atoms with Crippen molar-refractivity contribution < 1.29 is 4.42 Å². The molecule has 0 N–H and O–H groups in total. The normalized spacial score (nSPS) is 12.3. The van der Waals surface area contributed by atoms with Gasteiger partial charge in [0.05, 0.1) is 8.07 Å². The van der Waals surface area contributed by atoms with E-state index in [1.165, 1.54) is 10.6 Å². The molecule has 0 saturated carbocycles. The molecule has 2 rings (SSSR count). The number of benzene rings is 1. The Morgan fingerprint density at radius 3 is 2.43 bits per heavy atom. The second-order valence-corrected chi connectivity index (χ2v) is 9.94. The molecule has 0 atom stereocenters. The van der Waals surface area contributed by atoms with E-state index < -0.39 is 8.07 Å². The van der Waals surface area contributed by atoms with E-state index in [0.29, 0.717) is 0 Å². The van der Waals surface area contributed by atoms with Crippen molar-refractivity contribution in [2.24, 2.45) is 0 Å². The van der Waals surface area contributed by atoms with Crippen molar-refractivity contribution in [2.75, 3.05) is 0 Å². The summed E-state index contributed by atoms with van der Waals surface area (Å²) in [5.74, 6) is 0.993. The molecule has 0 radical (unpaired) electrons. The van der Waals surface area contributed by atoms with Gasteiger partial charge in [0.1, 0.15) is 11.3 Å². The molecule has 74 valence electrons. The first-order chi connectivity index (χ1) is 6.47. The predicted octanol–water partition coefficient (Wildman–Crippen LogP) is 3.29. The largest absolute Gasteiger partial charge is 0.461 e. The van der Waals surface area contributed by atoms with E-state index in [-0.39, 0.29) is 0 Å². The van der Waals surface area contributed by atoms with Crippen LogP contribution in [0.2, 0.25) is 19.6 Å². The first kappa shape index (κ1) is 9.53. The summed E-state index contributed by atoms with van der Waals surface area (Å²) in [5.41, 5.74) is 1.03. The zero-order valence-corrected chi connectivity index (χ0v) is 10.2. The molecule has 0 aliphatic heterocycles. The van der Waals surface area contributed by atoms with Crippen LogP contribution in [0.25, 0.3) is 11.0 Å². The van der Waals surface area contributed by atoms with Crippen LogP contribution in [0.3, 0.4) is 0 Å². The molecule has 14 heavy (non-hydrogen) atoms. The standard InChI is InChI=1S/C12H16OSi/c1-9-7-10-5-6-11(14(2,3)4)8-12(10)13-9/h5-8H,1-4H3. The number of aryl methyl sites for hydroxylation is 1. The van der Waals surface area contributed by atoms with Gasteiger partial charge in [-0.3, -0.25) is 0 Å². The molecule has 0 amide bonds. The Morgan fingerprint density at radius 2 is 1.79 bits per heavy atom. The highest BCUT2D eigenvalue weighted by Crippen LogP contribution is 2.18. The second kappa shape index (κ2) is 2.99. The summed E-state index contributed by atoms with van der Waals surface area (Å²) in [7, 11) is -1.20. The van der Waals surface area contributed by atoms with Crippen LogP contribution in [0.15, 0.2) is 28.7 Å². The summed E-state index contributed by atoms with van der Waals surface area (Å²) in [5, 5.41) is 2.67. The molecule has 1 aromatic heterocycles. The summed E-state index contributed by atoms with van der Waals surface area (Å²) >= 11 is 0. The van der Waals surface area contributed by atoms with Gasteiger partial charge in [-0.05, 0) is 19.1 Å². The average Bonchev–Trinajstić information content (AvgIpc) is 2.41. The average molecular weight is 204 g/mol. The monoisotopic (exact) mass is 204 g/mol. The van der Waals surface area contributed by atoms with Gasteiger partial charge >= 0.3 is 0 Å². The Balaban J connectivity index is 2.62. The van der Waals surface area contributed by atoms with Crippen LogP contribution in [0.5, 0.6) is 0 Å². The number of hydrogen-bond acceptors (Lipinski definition) is 1. The smallest absolute Gasteiger partial charge is 0.134 e. The molecule has 0 aliphatic carbocycles. The molecule has 2 aromatic rings. The summed E-state index contributed by atoms with van der Waals surface area (Å²) in [6, 6.07) is 8.70. The van der Waals surface area contributed by atoms with Gasteiger partial charge in [0.25, 0.3) is 0 Å². The lowest BCUT2D eigenvalue weighted by atomic mass is 10.2. The summed E-state index contributed by atoms with van der Waals surface area (Å²) in [6.07, 6.45) is 0. The lowest BCUT2D eigenvalue weighted by molar-refractivity contribution is 0.579. The highest BCUT2D eigenvalue weighted by Gasteiger charge is 2.17. The lowest BCUT2D eigenvalue weighted by Crippen LogP contribution is -2.37. The van der Waals surface area contributed by atoms with Crippen molar-refractivity contribution in [3.8, 4) is 0 Å². The Kier molecular flexibility index (Phi) is 2.03. The van der Waals surface area contributed by atoms with Gasteiger partial charge in [-0.1, -0.05) is 37.0 Å². The third-order valence-electron chi connectivity index (χ3n) is 2.51. The zero-order chi connectivity index (χ0) is 10.3. The minimum Gasteiger partial charge on any atom is -0.461 e. The van der Waals surface area contributed by atoms with Crippen molar-refractivity contribution in [2.45, 2.75) is 26.6 Å². The molecular formula is C12H16OSi. The van der Waals surface area contributed by atoms with Crippen molar-refractivity contribution in [3.05, 3.63) is 30.0 Å². The molecule has 1 aromatic carbocycles. The number of furan rings is 1. The van der Waals surface area contributed by atoms with Crippen LogP contribution in [0, 0.1) is 6.92 Å². The van der Waals surface area contributed by atoms with Crippen LogP contribution < -0.4 is 5.19 Å². The van der Waals surface area contributed by atoms with Crippen molar-refractivity contribution in [1.29, 1.82) is 0 Å². The maximum Gasteiger partial charge on any atom is 0.134 e. The van der Waals surface area contributed by atoms with E-state index in [1.807, 2.05) is 6.92 Å². The number of hydrogen-bond donors (Lipinski definition) is 0. The quantitative estimate of drug-likeness (QED) is 0.650. The number of fused-ring (bicyclic) bond motifs is 1. The van der Waals surface area contributed by atoms with Gasteiger partial charge in [0, 0.05) is 5.39 Å². The molecule has 0 aliphatic rings. The molecular weight excluding hydrogens is 188 g/mol. The van der Waals surface area contributed by atoms with Gasteiger partial charge in [-0.25, -0.2) is 0 Å². The summed E-state index contributed by atoms with van der Waals surface area (Å²) in [6.45, 7) is 9.05. The van der Waals surface area contributed by atoms with Gasteiger partial charge in [0.15, 0.2) is 0 Å². The first-order valence-electron chi connectivity index (χ1n) is 4.97. The maximum absolute atomic E-state index is 5.63. The first-order valence-corrected chi connectivity index (χ1v) is 8.47. The summed E-state index contributed by atoms with van der Waals surface area (Å²) in [4.78, 5) is 0. The van der Waals surface area contributed by atoms with Crippen LogP contribution in [-0.4, -0.2) is 8.07 Å². The maximum atomic E-state index is 5.63. The number of rotatable bonds is 1. The fourth-order valence-corrected chi connectivity index (χ4v) is 2.78. The minimum atomic E-state index is -1.20. The molecule has 0 bridgehead atoms. The molecule has 0 fully saturated rings. The molecule has 2 heteroatoms. The lowest BCUT2D eigenvalue weighted by Gasteiger charge is -2.15. The van der Waals surface area contributed by atoms with Crippen molar-refractivity contribution in [3.63, 3.8) is 0 Å². The predicted molar refractivity (Wildman–Crippen MR) is 63.9 cm³/mol. The van der Waals surface area contributed by atoms with E-state index in [1.54, 1.807) is 0 Å². The molecule has 1 heterocycles. The third kappa shape index (κ3) is 1.62. The van der Waals surface area contributed by atoms with Gasteiger partial charge in [-0.2, -0.15) is 0 Å². The van der Waals surface area contributed by atoms with E-state index in [2.05, 4.69) is 43.9 Å². The highest BCUT2D eigenvalue weighted by atomic mass is 28.3. The fourth-order valence-electron chi connectivity index (χ4n) is 1.63. The van der Waals surface area contributed by atoms with Gasteiger partial charge in [0.2, 0.25) is 0 Å². The highest BCUT2D eigenvalue weighted by molar-refractivity contribution is 6.88. The Morgan fingerprint density at radius 1 is 1.07 bits per heavy atom. The van der Waals surface area contributed by atoms with Crippen LogP contribution in [0.4, 0.5) is 0 Å². The third-order valence-corrected chi connectivity index (χ3v) is 4.55. The molecule has 1 nitrogen and oxygen atoms in total. The van der Waals surface area contributed by atoms with E-state index in [4.69, 9.17) is 4.42 Å². The van der Waals surface area contributed by atoms with E-state index in [9.17, 15) is 0 Å². The Bertz CT molecular complexity index is 463. The van der Waals surface area contributed by atoms with E-state index >= 15 is 0 Å². The van der Waals surface area contributed by atoms with Gasteiger partial charge in [-0.15, -0.1) is 0 Å². The van der Waals surface area contributed by atoms with Crippen LogP contribution in [0.1, 0.15) is 5.76 Å². The SMILES string of the molecule is Cc1cc2ccc([Si](C)(C)C)cc2o1. The summed E-state index contributed by atoms with van der Waals surface area (Å²) < 4.78 is 5.63. The molecule has 0 spiro atoms. The second-order valence-electron chi connectivity index (χ2n) is 4.86. The topological polar surface area (TPSA) is 13.1 Å². The molecule has 0 unspecified atom stereocenters. The van der Waals surface area contributed by atoms with Crippen molar-refractivity contribution in [1.82, 2.24) is 0 Å². The van der Waals surface area contributed by atoms with Crippen molar-refractivity contribution >= 4 is 24.2 Å². The van der Waals surface area contributed by atoms with E-state index in [0.717, 1.165) is 11.3 Å². The Labute approximate surface area is 85.7 Å². The van der Waals surface area contributed by atoms with Crippen LogP contribution >= 0.6 is 0 Å². The fraction of sp³-hybridized carbons (Fsp3) is 0.333. The zero-order valence-electron chi connectivity index (χ0n) is 9.22.